The van der Waals surface area contributed by atoms with Gasteiger partial charge in [0.1, 0.15) is 18.2 Å². The van der Waals surface area contributed by atoms with E-state index in [0.29, 0.717) is 49.4 Å². The van der Waals surface area contributed by atoms with Crippen LogP contribution in [0.15, 0.2) is 35.5 Å². The summed E-state index contributed by atoms with van der Waals surface area (Å²) in [5.41, 5.74) is 1.91. The lowest BCUT2D eigenvalue weighted by Crippen LogP contribution is -2.58. The van der Waals surface area contributed by atoms with Crippen LogP contribution < -0.4 is 9.64 Å². The molecule has 1 aromatic carbocycles. The number of carbonyl (C=O) groups excluding carboxylic acids is 1. The van der Waals surface area contributed by atoms with Gasteiger partial charge >= 0.3 is 6.09 Å². The van der Waals surface area contributed by atoms with Crippen LogP contribution in [0.1, 0.15) is 19.4 Å². The zero-order chi connectivity index (χ0) is 24.7. The van der Waals surface area contributed by atoms with Gasteiger partial charge in [-0.2, -0.15) is 0 Å². The van der Waals surface area contributed by atoms with Crippen LogP contribution in [0.3, 0.4) is 0 Å². The number of anilines is 2. The third kappa shape index (κ3) is 4.92. The number of benzene rings is 1. The van der Waals surface area contributed by atoms with E-state index in [1.54, 1.807) is 17.0 Å². The number of piperidine rings is 1. The van der Waals surface area contributed by atoms with E-state index in [-0.39, 0.29) is 30.1 Å². The number of likely N-dealkylation sites (tertiary alicyclic amines) is 1. The van der Waals surface area contributed by atoms with Crippen molar-refractivity contribution in [3.8, 4) is 5.88 Å². The average molecular weight is 503 g/mol. The van der Waals surface area contributed by atoms with Crippen molar-refractivity contribution in [2.45, 2.75) is 37.4 Å². The highest BCUT2D eigenvalue weighted by Gasteiger charge is 2.44. The third-order valence-electron chi connectivity index (χ3n) is 6.63. The fourth-order valence-electron chi connectivity index (χ4n) is 5.05. The number of carbonyl (C=O) groups is 1. The Morgan fingerprint density at radius 2 is 1.89 bits per heavy atom. The van der Waals surface area contributed by atoms with Gasteiger partial charge < -0.3 is 24.0 Å². The predicted molar refractivity (Wildman–Crippen MR) is 128 cm³/mol. The molecule has 0 radical (unpaired) electrons. The Morgan fingerprint density at radius 1 is 1.14 bits per heavy atom. The molecule has 1 unspecified atom stereocenters. The fourth-order valence-corrected chi connectivity index (χ4v) is 5.72. The molecule has 3 aliphatic rings. The van der Waals surface area contributed by atoms with Crippen molar-refractivity contribution in [2.24, 2.45) is 11.8 Å². The van der Waals surface area contributed by atoms with Gasteiger partial charge in [-0.15, -0.1) is 0 Å². The van der Waals surface area contributed by atoms with Crippen molar-refractivity contribution >= 4 is 27.4 Å². The summed E-state index contributed by atoms with van der Waals surface area (Å²) in [7, 11) is -3.26. The third-order valence-corrected chi connectivity index (χ3v) is 7.74. The lowest BCUT2D eigenvalue weighted by Gasteiger charge is -2.45. The minimum absolute atomic E-state index is 0.0163. The van der Waals surface area contributed by atoms with Gasteiger partial charge in [0.2, 0.25) is 5.88 Å². The van der Waals surface area contributed by atoms with Crippen molar-refractivity contribution in [1.82, 2.24) is 14.9 Å². The Balaban J connectivity index is 1.32. The molecule has 188 valence electrons. The van der Waals surface area contributed by atoms with Crippen LogP contribution in [0.2, 0.25) is 0 Å². The Kier molecular flexibility index (Phi) is 6.30. The first kappa shape index (κ1) is 23.8. The summed E-state index contributed by atoms with van der Waals surface area (Å²) in [5, 5.41) is 0. The Morgan fingerprint density at radius 3 is 2.57 bits per heavy atom. The second-order valence-corrected chi connectivity index (χ2v) is 11.7. The van der Waals surface area contributed by atoms with Crippen molar-refractivity contribution < 1.29 is 27.4 Å². The molecule has 1 aromatic heterocycles. The summed E-state index contributed by atoms with van der Waals surface area (Å²) < 4.78 is 41.3. The van der Waals surface area contributed by atoms with Crippen LogP contribution in [0.25, 0.3) is 0 Å². The SMILES string of the molecule is CC(C)OC(=O)N1C[C@H]2COC[C@@H](C1)C2Oc1cc(N2CCc3cc(S(C)(=O)=O)ccc32)ncn1. The molecule has 0 saturated carbocycles. The Labute approximate surface area is 205 Å². The molecule has 4 heterocycles. The number of hydrogen-bond donors (Lipinski definition) is 0. The molecule has 3 aliphatic heterocycles. The topological polar surface area (TPSA) is 111 Å². The molecule has 0 N–H and O–H groups in total. The minimum atomic E-state index is -3.26. The van der Waals surface area contributed by atoms with Gasteiger partial charge in [0.05, 0.1) is 24.2 Å². The molecule has 0 spiro atoms. The van der Waals surface area contributed by atoms with Gasteiger partial charge in [-0.05, 0) is 44.0 Å². The van der Waals surface area contributed by atoms with E-state index in [9.17, 15) is 13.2 Å². The molecule has 2 aromatic rings. The Hall–Kier alpha value is -2.92. The molecule has 35 heavy (non-hydrogen) atoms. The highest BCUT2D eigenvalue weighted by atomic mass is 32.2. The molecular formula is C24H30N4O6S. The summed E-state index contributed by atoms with van der Waals surface area (Å²) in [5.74, 6) is 1.20. The number of ether oxygens (including phenoxy) is 3. The molecular weight excluding hydrogens is 472 g/mol. The van der Waals surface area contributed by atoms with Crippen molar-refractivity contribution in [2.75, 3.05) is 44.0 Å². The second kappa shape index (κ2) is 9.27. The smallest absolute Gasteiger partial charge is 0.410 e. The first-order valence-electron chi connectivity index (χ1n) is 11.8. The largest absolute Gasteiger partial charge is 0.473 e. The zero-order valence-corrected chi connectivity index (χ0v) is 20.9. The van der Waals surface area contributed by atoms with Gasteiger partial charge in [-0.1, -0.05) is 0 Å². The quantitative estimate of drug-likeness (QED) is 0.609. The molecule has 2 saturated heterocycles. The summed E-state index contributed by atoms with van der Waals surface area (Å²) in [6.45, 7) is 6.40. The van der Waals surface area contributed by atoms with Gasteiger partial charge in [-0.3, -0.25) is 0 Å². The molecule has 0 aliphatic carbocycles. The predicted octanol–water partition coefficient (Wildman–Crippen LogP) is 2.44. The highest BCUT2D eigenvalue weighted by molar-refractivity contribution is 7.90. The van der Waals surface area contributed by atoms with Crippen LogP contribution in [0.4, 0.5) is 16.3 Å². The maximum atomic E-state index is 12.4. The summed E-state index contributed by atoms with van der Waals surface area (Å²) in [6.07, 6.45) is 2.83. The maximum Gasteiger partial charge on any atom is 0.410 e. The molecule has 11 heteroatoms. The summed E-state index contributed by atoms with van der Waals surface area (Å²) in [6, 6.07) is 7.01. The molecule has 2 fully saturated rings. The lowest BCUT2D eigenvalue weighted by molar-refractivity contribution is -0.111. The lowest BCUT2D eigenvalue weighted by atomic mass is 9.84. The van der Waals surface area contributed by atoms with E-state index in [2.05, 4.69) is 9.97 Å². The van der Waals surface area contributed by atoms with E-state index in [0.717, 1.165) is 17.7 Å². The molecule has 1 amide bonds. The van der Waals surface area contributed by atoms with Gasteiger partial charge in [0.25, 0.3) is 0 Å². The number of rotatable bonds is 5. The second-order valence-electron chi connectivity index (χ2n) is 9.66. The van der Waals surface area contributed by atoms with Gasteiger partial charge in [0, 0.05) is 49.5 Å². The molecule has 10 nitrogen and oxygen atoms in total. The van der Waals surface area contributed by atoms with E-state index in [1.165, 1.54) is 12.6 Å². The number of hydrogen-bond acceptors (Lipinski definition) is 9. The zero-order valence-electron chi connectivity index (χ0n) is 20.1. The average Bonchev–Trinajstić information content (AvgIpc) is 3.21. The number of sulfone groups is 1. The van der Waals surface area contributed by atoms with Crippen LogP contribution in [-0.4, -0.2) is 80.7 Å². The highest BCUT2D eigenvalue weighted by Crippen LogP contribution is 2.37. The van der Waals surface area contributed by atoms with Crippen LogP contribution in [0.5, 0.6) is 5.88 Å². The normalized spacial score (nSPS) is 23.8. The van der Waals surface area contributed by atoms with E-state index in [1.807, 2.05) is 30.9 Å². The maximum absolute atomic E-state index is 12.4. The van der Waals surface area contributed by atoms with Crippen molar-refractivity contribution in [3.05, 3.63) is 36.2 Å². The van der Waals surface area contributed by atoms with Crippen molar-refractivity contribution in [3.63, 3.8) is 0 Å². The Bertz CT molecular complexity index is 1210. The fraction of sp³-hybridized carbons (Fsp3) is 0.542. The van der Waals surface area contributed by atoms with E-state index < -0.39 is 9.84 Å². The van der Waals surface area contributed by atoms with E-state index in [4.69, 9.17) is 14.2 Å². The standard InChI is InChI=1S/C24H30N4O6S/c1-15(2)33-24(29)27-10-17-12-32-13-18(11-27)23(17)34-22-9-21(25-14-26-22)28-7-6-16-8-19(35(3,30)31)4-5-20(16)28/h4-5,8-9,14-15,17-18,23H,6-7,10-13H2,1-3H3/t17-,18+,23?. The molecule has 2 bridgehead atoms. The van der Waals surface area contributed by atoms with Gasteiger partial charge in [0.15, 0.2) is 9.84 Å². The number of aromatic nitrogens is 2. The van der Waals surface area contributed by atoms with Crippen molar-refractivity contribution in [1.29, 1.82) is 0 Å². The monoisotopic (exact) mass is 502 g/mol. The molecule has 3 atom stereocenters. The van der Waals surface area contributed by atoms with Crippen LogP contribution in [0, 0.1) is 11.8 Å². The number of amides is 1. The molecule has 5 rings (SSSR count). The first-order valence-corrected chi connectivity index (χ1v) is 13.7. The van der Waals surface area contributed by atoms with Gasteiger partial charge in [-0.25, -0.2) is 23.2 Å². The number of nitrogens with zero attached hydrogens (tertiary/aromatic N) is 4. The minimum Gasteiger partial charge on any atom is -0.473 e. The van der Waals surface area contributed by atoms with Crippen LogP contribution >= 0.6 is 0 Å². The van der Waals surface area contributed by atoms with E-state index >= 15 is 0 Å². The first-order chi connectivity index (χ1) is 16.7. The number of fused-ring (bicyclic) bond motifs is 3. The summed E-state index contributed by atoms with van der Waals surface area (Å²) >= 11 is 0. The summed E-state index contributed by atoms with van der Waals surface area (Å²) in [4.78, 5) is 25.3. The van der Waals surface area contributed by atoms with Crippen LogP contribution in [-0.2, 0) is 25.7 Å².